The minimum absolute atomic E-state index is 0.0326. The van der Waals surface area contributed by atoms with Crippen LogP contribution in [0, 0.1) is 0 Å². The van der Waals surface area contributed by atoms with Crippen LogP contribution in [0.1, 0.15) is 52.0 Å². The molecule has 0 radical (unpaired) electrons. The molecule has 2 aromatic carbocycles. The van der Waals surface area contributed by atoms with E-state index in [1.54, 1.807) is 22.5 Å². The minimum Gasteiger partial charge on any atom is -0.309 e. The average molecular weight is 469 g/mol. The number of benzene rings is 2. The number of para-hydroxylation sites is 1. The summed E-state index contributed by atoms with van der Waals surface area (Å²) in [5.41, 5.74) is 1.58. The zero-order chi connectivity index (χ0) is 24.0. The van der Waals surface area contributed by atoms with E-state index in [-0.39, 0.29) is 23.1 Å². The molecule has 1 aromatic heterocycles. The standard InChI is InChI=1S/C25H32N4O3S/c1-17-16-28(18(2)23-26-22-9-7-6-8-21(22)24(30)27-23)14-15-29(17)33(31,32)20-12-10-19(11-13-20)25(3,4)5/h6-13,17-18H,14-16H2,1-5H3,(H,26,27,30). The number of H-pyrrole nitrogens is 1. The van der Waals surface area contributed by atoms with Gasteiger partial charge in [0, 0.05) is 25.7 Å². The van der Waals surface area contributed by atoms with E-state index in [9.17, 15) is 13.2 Å². The fourth-order valence-electron chi connectivity index (χ4n) is 4.42. The summed E-state index contributed by atoms with van der Waals surface area (Å²) in [6, 6.07) is 14.1. The van der Waals surface area contributed by atoms with Gasteiger partial charge in [-0.3, -0.25) is 9.69 Å². The van der Waals surface area contributed by atoms with E-state index >= 15 is 0 Å². The highest BCUT2D eigenvalue weighted by Gasteiger charge is 2.35. The topological polar surface area (TPSA) is 86.4 Å². The summed E-state index contributed by atoms with van der Waals surface area (Å²) in [5, 5.41) is 0.565. The monoisotopic (exact) mass is 468 g/mol. The van der Waals surface area contributed by atoms with Crippen molar-refractivity contribution in [3.05, 3.63) is 70.3 Å². The molecule has 1 saturated heterocycles. The molecule has 0 saturated carbocycles. The largest absolute Gasteiger partial charge is 0.309 e. The van der Waals surface area contributed by atoms with Crippen LogP contribution in [0.2, 0.25) is 0 Å². The van der Waals surface area contributed by atoms with Crippen LogP contribution in [-0.2, 0) is 15.4 Å². The SMILES string of the molecule is CC(c1nc2ccccc2c(=O)[nH]1)N1CCN(S(=O)(=O)c2ccc(C(C)(C)C)cc2)C(C)C1. The highest BCUT2D eigenvalue weighted by molar-refractivity contribution is 7.89. The summed E-state index contributed by atoms with van der Waals surface area (Å²) < 4.78 is 28.3. The number of hydrogen-bond acceptors (Lipinski definition) is 5. The van der Waals surface area contributed by atoms with Gasteiger partial charge in [-0.25, -0.2) is 13.4 Å². The molecule has 0 aliphatic carbocycles. The van der Waals surface area contributed by atoms with Gasteiger partial charge >= 0.3 is 0 Å². The van der Waals surface area contributed by atoms with E-state index in [2.05, 4.69) is 35.6 Å². The Morgan fingerprint density at radius 3 is 2.36 bits per heavy atom. The van der Waals surface area contributed by atoms with E-state index in [4.69, 9.17) is 0 Å². The summed E-state index contributed by atoms with van der Waals surface area (Å²) in [5.74, 6) is 0.597. The predicted molar refractivity (Wildman–Crippen MR) is 131 cm³/mol. The molecule has 2 heterocycles. The van der Waals surface area contributed by atoms with Gasteiger partial charge < -0.3 is 4.98 Å². The minimum atomic E-state index is -3.59. The molecule has 1 N–H and O–H groups in total. The molecule has 1 fully saturated rings. The maximum absolute atomic E-state index is 13.3. The van der Waals surface area contributed by atoms with Crippen molar-refractivity contribution < 1.29 is 8.42 Å². The van der Waals surface area contributed by atoms with Gasteiger partial charge in [0.15, 0.2) is 0 Å². The van der Waals surface area contributed by atoms with Crippen LogP contribution in [0.25, 0.3) is 10.9 Å². The van der Waals surface area contributed by atoms with Crippen molar-refractivity contribution in [1.82, 2.24) is 19.2 Å². The highest BCUT2D eigenvalue weighted by Crippen LogP contribution is 2.28. The summed E-state index contributed by atoms with van der Waals surface area (Å²) in [7, 11) is -3.59. The van der Waals surface area contributed by atoms with Gasteiger partial charge in [0.05, 0.1) is 21.8 Å². The first-order chi connectivity index (χ1) is 15.5. The van der Waals surface area contributed by atoms with E-state index < -0.39 is 10.0 Å². The van der Waals surface area contributed by atoms with Gasteiger partial charge in [-0.1, -0.05) is 45.0 Å². The molecule has 8 heteroatoms. The average Bonchev–Trinajstić information content (AvgIpc) is 2.78. The number of nitrogens with zero attached hydrogens (tertiary/aromatic N) is 3. The molecule has 1 aliphatic rings. The van der Waals surface area contributed by atoms with Crippen molar-refractivity contribution in [2.45, 2.75) is 57.0 Å². The quantitative estimate of drug-likeness (QED) is 0.631. The second-order valence-corrected chi connectivity index (χ2v) is 11.8. The number of aromatic nitrogens is 2. The third-order valence-electron chi connectivity index (χ3n) is 6.50. The molecule has 2 unspecified atom stereocenters. The van der Waals surface area contributed by atoms with Crippen molar-refractivity contribution in [3.63, 3.8) is 0 Å². The Hall–Kier alpha value is -2.55. The molecule has 0 spiro atoms. The van der Waals surface area contributed by atoms with Gasteiger partial charge in [0.1, 0.15) is 5.82 Å². The smallest absolute Gasteiger partial charge is 0.258 e. The summed E-state index contributed by atoms with van der Waals surface area (Å²) in [6.07, 6.45) is 0. The van der Waals surface area contributed by atoms with E-state index in [0.717, 1.165) is 5.56 Å². The van der Waals surface area contributed by atoms with E-state index in [0.29, 0.717) is 41.3 Å². The molecule has 4 rings (SSSR count). The fraction of sp³-hybridized carbons (Fsp3) is 0.440. The lowest BCUT2D eigenvalue weighted by Gasteiger charge is -2.41. The molecule has 0 bridgehead atoms. The molecule has 33 heavy (non-hydrogen) atoms. The molecule has 2 atom stereocenters. The molecule has 3 aromatic rings. The first-order valence-corrected chi connectivity index (χ1v) is 12.8. The molecule has 7 nitrogen and oxygen atoms in total. The summed E-state index contributed by atoms with van der Waals surface area (Å²) in [4.78, 5) is 22.5. The Balaban J connectivity index is 1.52. The van der Waals surface area contributed by atoms with Crippen LogP contribution in [-0.4, -0.2) is 53.3 Å². The van der Waals surface area contributed by atoms with E-state index in [1.807, 2.05) is 44.2 Å². The van der Waals surface area contributed by atoms with Gasteiger partial charge in [-0.2, -0.15) is 4.31 Å². The van der Waals surface area contributed by atoms with Crippen molar-refractivity contribution in [2.24, 2.45) is 0 Å². The number of sulfonamides is 1. The number of rotatable bonds is 4. The highest BCUT2D eigenvalue weighted by atomic mass is 32.2. The number of nitrogens with one attached hydrogen (secondary N) is 1. The van der Waals surface area contributed by atoms with Crippen molar-refractivity contribution in [3.8, 4) is 0 Å². The Bertz CT molecular complexity index is 1310. The van der Waals surface area contributed by atoms with Crippen LogP contribution in [0.5, 0.6) is 0 Å². The van der Waals surface area contributed by atoms with E-state index in [1.165, 1.54) is 0 Å². The van der Waals surface area contributed by atoms with Gasteiger partial charge in [0.2, 0.25) is 10.0 Å². The maximum atomic E-state index is 13.3. The second kappa shape index (κ2) is 8.66. The molecular weight excluding hydrogens is 436 g/mol. The number of fused-ring (bicyclic) bond motifs is 1. The Labute approximate surface area is 195 Å². The zero-order valence-electron chi connectivity index (χ0n) is 19.9. The zero-order valence-corrected chi connectivity index (χ0v) is 20.7. The lowest BCUT2D eigenvalue weighted by atomic mass is 9.87. The van der Waals surface area contributed by atoms with Crippen LogP contribution in [0.4, 0.5) is 0 Å². The van der Waals surface area contributed by atoms with Gasteiger partial charge in [0.25, 0.3) is 5.56 Å². The number of aromatic amines is 1. The van der Waals surface area contributed by atoms with Crippen LogP contribution < -0.4 is 5.56 Å². The normalized spacial score (nSPS) is 19.6. The van der Waals surface area contributed by atoms with Crippen molar-refractivity contribution in [1.29, 1.82) is 0 Å². The number of hydrogen-bond donors (Lipinski definition) is 1. The summed E-state index contributed by atoms with van der Waals surface area (Å²) in [6.45, 7) is 11.7. The second-order valence-electron chi connectivity index (χ2n) is 9.88. The third-order valence-corrected chi connectivity index (χ3v) is 8.53. The van der Waals surface area contributed by atoms with Crippen LogP contribution >= 0.6 is 0 Å². The van der Waals surface area contributed by atoms with Crippen LogP contribution in [0.3, 0.4) is 0 Å². The van der Waals surface area contributed by atoms with Gasteiger partial charge in [-0.15, -0.1) is 0 Å². The molecular formula is C25H32N4O3S. The molecule has 1 aliphatic heterocycles. The number of piperazine rings is 1. The van der Waals surface area contributed by atoms with Crippen molar-refractivity contribution >= 4 is 20.9 Å². The Morgan fingerprint density at radius 2 is 1.73 bits per heavy atom. The van der Waals surface area contributed by atoms with Crippen molar-refractivity contribution in [2.75, 3.05) is 19.6 Å². The lowest BCUT2D eigenvalue weighted by Crippen LogP contribution is -2.54. The van der Waals surface area contributed by atoms with Crippen LogP contribution in [0.15, 0.2) is 58.2 Å². The van der Waals surface area contributed by atoms with Gasteiger partial charge in [-0.05, 0) is 49.1 Å². The fourth-order valence-corrected chi connectivity index (χ4v) is 6.03. The first-order valence-electron chi connectivity index (χ1n) is 11.3. The third kappa shape index (κ3) is 4.60. The molecule has 0 amide bonds. The summed E-state index contributed by atoms with van der Waals surface area (Å²) >= 11 is 0. The maximum Gasteiger partial charge on any atom is 0.258 e. The molecule has 176 valence electrons. The lowest BCUT2D eigenvalue weighted by molar-refractivity contribution is 0.106. The first kappa shape index (κ1) is 23.6. The Kier molecular flexibility index (Phi) is 6.20. The Morgan fingerprint density at radius 1 is 1.06 bits per heavy atom. The predicted octanol–water partition coefficient (Wildman–Crippen LogP) is 3.68.